The number of para-hydroxylation sites is 1. The van der Waals surface area contributed by atoms with E-state index in [1.54, 1.807) is 13.2 Å². The summed E-state index contributed by atoms with van der Waals surface area (Å²) in [6.07, 6.45) is 1.12. The first-order valence-corrected chi connectivity index (χ1v) is 11.1. The van der Waals surface area contributed by atoms with Gasteiger partial charge in [0, 0.05) is 26.7 Å². The third kappa shape index (κ3) is 3.25. The number of hydrogen-bond donors (Lipinski definition) is 1. The number of aromatic nitrogens is 3. The van der Waals surface area contributed by atoms with Crippen LogP contribution in [0.5, 0.6) is 11.5 Å². The summed E-state index contributed by atoms with van der Waals surface area (Å²) in [5.74, 6) is 2.17. The van der Waals surface area contributed by atoms with Crippen LogP contribution in [0.25, 0.3) is 5.70 Å². The number of ether oxygens (including phenoxy) is 2. The van der Waals surface area contributed by atoms with Crippen LogP contribution in [0.15, 0.2) is 78.6 Å². The van der Waals surface area contributed by atoms with E-state index >= 15 is 0 Å². The van der Waals surface area contributed by atoms with Crippen LogP contribution in [-0.4, -0.2) is 21.9 Å². The van der Waals surface area contributed by atoms with E-state index in [4.69, 9.17) is 32.7 Å². The Morgan fingerprint density at radius 1 is 1.03 bits per heavy atom. The van der Waals surface area contributed by atoms with Crippen molar-refractivity contribution in [3.8, 4) is 11.5 Å². The van der Waals surface area contributed by atoms with Gasteiger partial charge in [0.1, 0.15) is 30.0 Å². The lowest BCUT2D eigenvalue weighted by Gasteiger charge is -2.39. The number of hydrogen-bond acceptors (Lipinski definition) is 5. The normalized spacial score (nSPS) is 18.5. The van der Waals surface area contributed by atoms with Crippen LogP contribution in [0, 0.1) is 0 Å². The second-order valence-corrected chi connectivity index (χ2v) is 8.67. The Hall–Kier alpha value is -3.48. The Morgan fingerprint density at radius 2 is 1.91 bits per heavy atom. The van der Waals surface area contributed by atoms with Crippen LogP contribution >= 0.6 is 23.2 Å². The molecule has 0 saturated heterocycles. The van der Waals surface area contributed by atoms with Gasteiger partial charge in [-0.15, -0.1) is 0 Å². The summed E-state index contributed by atoms with van der Waals surface area (Å²) in [5.41, 5.74) is 4.68. The van der Waals surface area contributed by atoms with Crippen molar-refractivity contribution in [2.24, 2.45) is 0 Å². The molecule has 8 heteroatoms. The second-order valence-electron chi connectivity index (χ2n) is 7.82. The predicted octanol–water partition coefficient (Wildman–Crippen LogP) is 6.15. The highest BCUT2D eigenvalue weighted by atomic mass is 35.5. The van der Waals surface area contributed by atoms with Crippen LogP contribution < -0.4 is 14.8 Å². The monoisotopic (exact) mass is 476 g/mol. The summed E-state index contributed by atoms with van der Waals surface area (Å²) in [5, 5.41) is 9.12. The quantitative estimate of drug-likeness (QED) is 0.383. The molecule has 1 N–H and O–H groups in total. The van der Waals surface area contributed by atoms with E-state index in [1.165, 1.54) is 6.33 Å². The van der Waals surface area contributed by atoms with E-state index in [0.717, 1.165) is 39.5 Å². The van der Waals surface area contributed by atoms with Crippen LogP contribution in [0.1, 0.15) is 28.8 Å². The van der Waals surface area contributed by atoms with Gasteiger partial charge in [-0.05, 0) is 42.0 Å². The van der Waals surface area contributed by atoms with Gasteiger partial charge >= 0.3 is 0 Å². The van der Waals surface area contributed by atoms with Crippen LogP contribution in [0.2, 0.25) is 10.0 Å². The van der Waals surface area contributed by atoms with Gasteiger partial charge in [0.05, 0.1) is 12.8 Å². The zero-order chi connectivity index (χ0) is 22.5. The maximum atomic E-state index is 6.72. The molecule has 0 radical (unpaired) electrons. The van der Waals surface area contributed by atoms with Crippen molar-refractivity contribution in [3.63, 3.8) is 0 Å². The zero-order valence-corrected chi connectivity index (χ0v) is 19.0. The third-order valence-electron chi connectivity index (χ3n) is 5.98. The van der Waals surface area contributed by atoms with Crippen molar-refractivity contribution in [3.05, 3.63) is 105 Å². The van der Waals surface area contributed by atoms with E-state index in [1.807, 2.05) is 65.3 Å². The molecule has 2 aliphatic heterocycles. The van der Waals surface area contributed by atoms with E-state index in [2.05, 4.69) is 15.4 Å². The summed E-state index contributed by atoms with van der Waals surface area (Å²) in [6, 6.07) is 21.0. The highest BCUT2D eigenvalue weighted by Crippen LogP contribution is 2.51. The summed E-state index contributed by atoms with van der Waals surface area (Å²) in [7, 11) is 1.65. The predicted molar refractivity (Wildman–Crippen MR) is 128 cm³/mol. The molecule has 0 bridgehead atoms. The Morgan fingerprint density at radius 3 is 2.76 bits per heavy atom. The summed E-state index contributed by atoms with van der Waals surface area (Å²) in [6.45, 7) is 0. The lowest BCUT2D eigenvalue weighted by atomic mass is 9.84. The molecule has 2 aliphatic rings. The van der Waals surface area contributed by atoms with Gasteiger partial charge in [0.15, 0.2) is 0 Å². The van der Waals surface area contributed by atoms with Gasteiger partial charge < -0.3 is 14.8 Å². The molecule has 6 rings (SSSR count). The van der Waals surface area contributed by atoms with Crippen LogP contribution in [0.4, 0.5) is 5.95 Å². The van der Waals surface area contributed by atoms with Gasteiger partial charge in [-0.3, -0.25) is 0 Å². The first kappa shape index (κ1) is 20.1. The average molecular weight is 477 g/mol. The molecule has 0 unspecified atom stereocenters. The van der Waals surface area contributed by atoms with E-state index in [0.29, 0.717) is 16.0 Å². The molecule has 6 nitrogen and oxygen atoms in total. The van der Waals surface area contributed by atoms with Gasteiger partial charge in [0.25, 0.3) is 0 Å². The molecule has 0 spiro atoms. The minimum absolute atomic E-state index is 0.354. The van der Waals surface area contributed by atoms with Crippen LogP contribution in [-0.2, 0) is 0 Å². The molecule has 164 valence electrons. The van der Waals surface area contributed by atoms with Crippen molar-refractivity contribution < 1.29 is 9.47 Å². The Bertz CT molecular complexity index is 1420. The standard InChI is InChI=1S/C25H18Cl2N4O2/c1-32-16-6-4-5-14(11-16)24-21-22(18-7-2-3-8-20(18)33-24)30-25-28-13-29-31(25)23(21)17-10-9-15(26)12-19(17)27/h2-13,23-24H,1H3,(H,28,29,30)/t23-,24+/m0/s1. The average Bonchev–Trinajstić information content (AvgIpc) is 3.31. The van der Waals surface area contributed by atoms with Crippen molar-refractivity contribution >= 4 is 34.8 Å². The molecule has 0 amide bonds. The van der Waals surface area contributed by atoms with E-state index < -0.39 is 6.10 Å². The van der Waals surface area contributed by atoms with Crippen molar-refractivity contribution in [1.29, 1.82) is 0 Å². The highest BCUT2D eigenvalue weighted by molar-refractivity contribution is 6.35. The van der Waals surface area contributed by atoms with Gasteiger partial charge in [-0.1, -0.05) is 53.5 Å². The molecule has 3 aromatic carbocycles. The minimum atomic E-state index is -0.411. The first-order valence-electron chi connectivity index (χ1n) is 10.4. The van der Waals surface area contributed by atoms with Crippen molar-refractivity contribution in [2.45, 2.75) is 12.1 Å². The molecule has 0 fully saturated rings. The lowest BCUT2D eigenvalue weighted by molar-refractivity contribution is 0.222. The molecule has 4 aromatic rings. The molecular formula is C25H18Cl2N4O2. The number of nitrogens with one attached hydrogen (secondary N) is 1. The number of benzene rings is 3. The Labute approximate surface area is 200 Å². The lowest BCUT2D eigenvalue weighted by Crippen LogP contribution is -2.32. The number of methoxy groups -OCH3 is 1. The van der Waals surface area contributed by atoms with E-state index in [-0.39, 0.29) is 6.04 Å². The molecular weight excluding hydrogens is 459 g/mol. The maximum Gasteiger partial charge on any atom is 0.226 e. The fourth-order valence-electron chi connectivity index (χ4n) is 4.52. The topological polar surface area (TPSA) is 61.2 Å². The Kier molecular flexibility index (Phi) is 4.78. The third-order valence-corrected chi connectivity index (χ3v) is 6.54. The van der Waals surface area contributed by atoms with E-state index in [9.17, 15) is 0 Å². The molecule has 2 atom stereocenters. The molecule has 0 saturated carbocycles. The number of rotatable bonds is 3. The molecule has 1 aromatic heterocycles. The Balaban J connectivity index is 1.64. The van der Waals surface area contributed by atoms with Crippen molar-refractivity contribution in [2.75, 3.05) is 12.4 Å². The minimum Gasteiger partial charge on any atom is -0.497 e. The fraction of sp³-hybridized carbons (Fsp3) is 0.120. The van der Waals surface area contributed by atoms with Gasteiger partial charge in [-0.2, -0.15) is 10.1 Å². The maximum absolute atomic E-state index is 6.72. The summed E-state index contributed by atoms with van der Waals surface area (Å²) >= 11 is 12.9. The summed E-state index contributed by atoms with van der Waals surface area (Å²) in [4.78, 5) is 4.45. The SMILES string of the molecule is COc1cccc([C@H]2Oc3ccccc3C3=C2[C@H](c2ccc(Cl)cc2Cl)n2ncnc2N3)c1. The van der Waals surface area contributed by atoms with Gasteiger partial charge in [0.2, 0.25) is 5.95 Å². The first-order chi connectivity index (χ1) is 16.1. The van der Waals surface area contributed by atoms with Gasteiger partial charge in [-0.25, -0.2) is 4.68 Å². The molecule has 33 heavy (non-hydrogen) atoms. The van der Waals surface area contributed by atoms with Crippen molar-refractivity contribution in [1.82, 2.24) is 14.8 Å². The number of fused-ring (bicyclic) bond motifs is 3. The second kappa shape index (κ2) is 7.83. The number of nitrogens with zero attached hydrogens (tertiary/aromatic N) is 3. The van der Waals surface area contributed by atoms with Crippen LogP contribution in [0.3, 0.4) is 0 Å². The molecule has 3 heterocycles. The number of halogens is 2. The fourth-order valence-corrected chi connectivity index (χ4v) is 5.03. The smallest absolute Gasteiger partial charge is 0.226 e. The zero-order valence-electron chi connectivity index (χ0n) is 17.5. The largest absolute Gasteiger partial charge is 0.497 e. The molecule has 0 aliphatic carbocycles. The summed E-state index contributed by atoms with van der Waals surface area (Å²) < 4.78 is 13.9. The number of anilines is 1. The highest BCUT2D eigenvalue weighted by Gasteiger charge is 2.41.